The topological polar surface area (TPSA) is 9.23 Å². The third kappa shape index (κ3) is 2.34. The van der Waals surface area contributed by atoms with Gasteiger partial charge in [-0.2, -0.15) is 0 Å². The quantitative estimate of drug-likeness (QED) is 0.638. The summed E-state index contributed by atoms with van der Waals surface area (Å²) in [6, 6.07) is 0. The van der Waals surface area contributed by atoms with Gasteiger partial charge in [0.15, 0.2) is 0 Å². The molecule has 4 atom stereocenters. The van der Waals surface area contributed by atoms with Crippen LogP contribution in [-0.4, -0.2) is 12.2 Å². The Kier molecular flexibility index (Phi) is 4.15. The minimum absolute atomic E-state index is 0.255. The van der Waals surface area contributed by atoms with Gasteiger partial charge in [0.2, 0.25) is 0 Å². The Hall–Kier alpha value is -0.560. The third-order valence-electron chi connectivity index (χ3n) is 3.75. The monoisotopic (exact) mass is 208 g/mol. The summed E-state index contributed by atoms with van der Waals surface area (Å²) in [5.41, 5.74) is 2.68. The summed E-state index contributed by atoms with van der Waals surface area (Å²) in [6.07, 6.45) is 3.80. The fraction of sp³-hybridized carbons (Fsp3) is 0.714. The molecule has 1 aliphatic rings. The molecular formula is C14H24O. The van der Waals surface area contributed by atoms with Crippen LogP contribution in [0.3, 0.4) is 0 Å². The molecule has 1 nitrogen and oxygen atoms in total. The molecule has 0 bridgehead atoms. The van der Waals surface area contributed by atoms with E-state index in [-0.39, 0.29) is 6.10 Å². The van der Waals surface area contributed by atoms with Crippen molar-refractivity contribution in [3.8, 4) is 0 Å². The van der Waals surface area contributed by atoms with Gasteiger partial charge in [-0.1, -0.05) is 32.1 Å². The summed E-state index contributed by atoms with van der Waals surface area (Å²) in [7, 11) is 0. The van der Waals surface area contributed by atoms with Crippen molar-refractivity contribution in [2.45, 2.75) is 53.2 Å². The van der Waals surface area contributed by atoms with Gasteiger partial charge in [-0.05, 0) is 38.7 Å². The number of ether oxygens (including phenoxy) is 1. The second kappa shape index (κ2) is 4.98. The molecule has 0 N–H and O–H groups in total. The van der Waals surface area contributed by atoms with Crippen LogP contribution in [0.1, 0.15) is 41.0 Å². The van der Waals surface area contributed by atoms with Gasteiger partial charge in [0.25, 0.3) is 0 Å². The van der Waals surface area contributed by atoms with Gasteiger partial charge >= 0.3 is 0 Å². The maximum atomic E-state index is 6.02. The molecule has 1 heteroatoms. The maximum absolute atomic E-state index is 6.02. The van der Waals surface area contributed by atoms with Crippen molar-refractivity contribution in [2.75, 3.05) is 0 Å². The van der Waals surface area contributed by atoms with Crippen molar-refractivity contribution in [3.05, 3.63) is 23.8 Å². The second-order valence-corrected chi connectivity index (χ2v) is 4.69. The zero-order valence-corrected chi connectivity index (χ0v) is 10.7. The molecule has 0 radical (unpaired) electrons. The second-order valence-electron chi connectivity index (χ2n) is 4.69. The van der Waals surface area contributed by atoms with E-state index >= 15 is 0 Å². The highest BCUT2D eigenvalue weighted by Crippen LogP contribution is 2.40. The van der Waals surface area contributed by atoms with E-state index in [1.165, 1.54) is 11.1 Å². The van der Waals surface area contributed by atoms with Gasteiger partial charge in [0.1, 0.15) is 0 Å². The van der Waals surface area contributed by atoms with Gasteiger partial charge < -0.3 is 4.74 Å². The van der Waals surface area contributed by atoms with Crippen molar-refractivity contribution in [1.29, 1.82) is 0 Å². The van der Waals surface area contributed by atoms with Crippen LogP contribution in [0.15, 0.2) is 23.8 Å². The Bertz CT molecular complexity index is 265. The molecule has 1 saturated heterocycles. The van der Waals surface area contributed by atoms with Crippen LogP contribution in [0.5, 0.6) is 0 Å². The van der Waals surface area contributed by atoms with Crippen LogP contribution in [0.4, 0.5) is 0 Å². The molecule has 1 aliphatic heterocycles. The summed E-state index contributed by atoms with van der Waals surface area (Å²) in [5, 5.41) is 0. The molecule has 0 saturated carbocycles. The highest BCUT2D eigenvalue weighted by Gasteiger charge is 2.40. The molecule has 0 aliphatic carbocycles. The molecular weight excluding hydrogens is 184 g/mol. The van der Waals surface area contributed by atoms with E-state index in [1.54, 1.807) is 0 Å². The number of allylic oxidation sites excluding steroid dienone is 1. The summed E-state index contributed by atoms with van der Waals surface area (Å²) < 4.78 is 6.02. The smallest absolute Gasteiger partial charge is 0.0818 e. The van der Waals surface area contributed by atoms with Crippen LogP contribution in [0, 0.1) is 11.8 Å². The average molecular weight is 208 g/mol. The van der Waals surface area contributed by atoms with E-state index in [1.807, 2.05) is 0 Å². The summed E-state index contributed by atoms with van der Waals surface area (Å²) in [5.74, 6) is 1.12. The van der Waals surface area contributed by atoms with Gasteiger partial charge in [-0.15, -0.1) is 0 Å². The molecule has 15 heavy (non-hydrogen) atoms. The first-order valence-corrected chi connectivity index (χ1v) is 5.98. The van der Waals surface area contributed by atoms with Crippen LogP contribution in [0.25, 0.3) is 0 Å². The molecule has 0 amide bonds. The summed E-state index contributed by atoms with van der Waals surface area (Å²) in [4.78, 5) is 0. The first-order valence-electron chi connectivity index (χ1n) is 5.98. The van der Waals surface area contributed by atoms with Crippen molar-refractivity contribution >= 4 is 0 Å². The van der Waals surface area contributed by atoms with Crippen LogP contribution in [0.2, 0.25) is 0 Å². The highest BCUT2D eigenvalue weighted by molar-refractivity contribution is 5.15. The van der Waals surface area contributed by atoms with Gasteiger partial charge in [0.05, 0.1) is 12.2 Å². The Balaban J connectivity index is 2.83. The van der Waals surface area contributed by atoms with Crippen molar-refractivity contribution < 1.29 is 4.74 Å². The SMILES string of the molecule is C=C(CC)C1OC(C)C(/C(C)=C/C)C1C. The minimum Gasteiger partial charge on any atom is -0.370 e. The predicted octanol–water partition coefficient (Wildman–Crippen LogP) is 3.96. The summed E-state index contributed by atoms with van der Waals surface area (Å²) >= 11 is 0. The Morgan fingerprint density at radius 1 is 1.40 bits per heavy atom. The zero-order chi connectivity index (χ0) is 11.6. The van der Waals surface area contributed by atoms with E-state index < -0.39 is 0 Å². The van der Waals surface area contributed by atoms with Crippen LogP contribution >= 0.6 is 0 Å². The lowest BCUT2D eigenvalue weighted by Crippen LogP contribution is -2.20. The molecule has 0 aromatic rings. The molecule has 0 aromatic heterocycles. The van der Waals surface area contributed by atoms with E-state index in [4.69, 9.17) is 4.74 Å². The molecule has 1 fully saturated rings. The number of hydrogen-bond donors (Lipinski definition) is 0. The Labute approximate surface area is 94.2 Å². The van der Waals surface area contributed by atoms with Crippen molar-refractivity contribution in [1.82, 2.24) is 0 Å². The largest absolute Gasteiger partial charge is 0.370 e. The highest BCUT2D eigenvalue weighted by atomic mass is 16.5. The van der Waals surface area contributed by atoms with Crippen molar-refractivity contribution in [3.63, 3.8) is 0 Å². The van der Waals surface area contributed by atoms with E-state index in [0.717, 1.165) is 6.42 Å². The first kappa shape index (κ1) is 12.5. The molecule has 0 aromatic carbocycles. The van der Waals surface area contributed by atoms with Crippen LogP contribution in [-0.2, 0) is 4.74 Å². The standard InChI is InChI=1S/C14H24O/c1-7-9(3)13-11(5)14(10(4)8-2)15-12(13)6/h7,11-14H,4,8H2,1-3,5-6H3/b9-7+. The number of hydrogen-bond acceptors (Lipinski definition) is 1. The Morgan fingerprint density at radius 2 is 2.00 bits per heavy atom. The average Bonchev–Trinajstić information content (AvgIpc) is 2.52. The van der Waals surface area contributed by atoms with E-state index in [9.17, 15) is 0 Å². The van der Waals surface area contributed by atoms with E-state index in [0.29, 0.717) is 17.9 Å². The lowest BCUT2D eigenvalue weighted by Gasteiger charge is -2.20. The van der Waals surface area contributed by atoms with E-state index in [2.05, 4.69) is 47.3 Å². The fourth-order valence-corrected chi connectivity index (χ4v) is 2.70. The van der Waals surface area contributed by atoms with Gasteiger partial charge in [0, 0.05) is 5.92 Å². The van der Waals surface area contributed by atoms with Gasteiger partial charge in [-0.3, -0.25) is 0 Å². The summed E-state index contributed by atoms with van der Waals surface area (Å²) in [6.45, 7) is 15.0. The molecule has 4 unspecified atom stereocenters. The lowest BCUT2D eigenvalue weighted by molar-refractivity contribution is 0.0619. The van der Waals surface area contributed by atoms with Crippen LogP contribution < -0.4 is 0 Å². The third-order valence-corrected chi connectivity index (χ3v) is 3.75. The molecule has 0 spiro atoms. The lowest BCUT2D eigenvalue weighted by atomic mass is 9.81. The Morgan fingerprint density at radius 3 is 2.47 bits per heavy atom. The predicted molar refractivity (Wildman–Crippen MR) is 65.9 cm³/mol. The minimum atomic E-state index is 0.255. The molecule has 1 rings (SSSR count). The number of rotatable bonds is 3. The maximum Gasteiger partial charge on any atom is 0.0818 e. The van der Waals surface area contributed by atoms with Crippen molar-refractivity contribution in [2.24, 2.45) is 11.8 Å². The zero-order valence-electron chi connectivity index (χ0n) is 10.7. The normalized spacial score (nSPS) is 37.0. The first-order chi connectivity index (χ1) is 7.02. The molecule has 86 valence electrons. The fourth-order valence-electron chi connectivity index (χ4n) is 2.70. The molecule has 1 heterocycles. The van der Waals surface area contributed by atoms with Gasteiger partial charge in [-0.25, -0.2) is 0 Å².